The van der Waals surface area contributed by atoms with E-state index in [2.05, 4.69) is 170 Å². The summed E-state index contributed by atoms with van der Waals surface area (Å²) in [5.74, 6) is 0. The van der Waals surface area contributed by atoms with Gasteiger partial charge in [0.1, 0.15) is 11.2 Å². The SMILES string of the molecule is CC1(C)c2ccccc2-c2cccc(N(c3ccccc3)c3ccccc3-c3cccc4c3oc3cc5ccccc5cc34)c21. The lowest BCUT2D eigenvalue weighted by Gasteiger charge is -2.33. The van der Waals surface area contributed by atoms with Crippen LogP contribution in [-0.4, -0.2) is 0 Å². The predicted octanol–water partition coefficient (Wildman–Crippen LogP) is 12.2. The van der Waals surface area contributed by atoms with Gasteiger partial charge in [-0.1, -0.05) is 129 Å². The fraction of sp³-hybridized carbons (Fsp3) is 0.0698. The lowest BCUT2D eigenvalue weighted by molar-refractivity contribution is 0.660. The number of hydrogen-bond donors (Lipinski definition) is 0. The summed E-state index contributed by atoms with van der Waals surface area (Å²) in [5, 5.41) is 4.67. The summed E-state index contributed by atoms with van der Waals surface area (Å²) in [7, 11) is 0. The van der Waals surface area contributed by atoms with E-state index in [-0.39, 0.29) is 5.41 Å². The minimum atomic E-state index is -0.161. The molecule has 45 heavy (non-hydrogen) atoms. The number of para-hydroxylation sites is 3. The van der Waals surface area contributed by atoms with Crippen LogP contribution in [0.5, 0.6) is 0 Å². The first-order valence-corrected chi connectivity index (χ1v) is 15.6. The van der Waals surface area contributed by atoms with Crippen LogP contribution in [0, 0.1) is 0 Å². The molecule has 0 unspecified atom stereocenters. The average Bonchev–Trinajstić information content (AvgIpc) is 3.56. The number of hydrogen-bond acceptors (Lipinski definition) is 2. The molecule has 2 nitrogen and oxygen atoms in total. The molecule has 9 rings (SSSR count). The zero-order valence-corrected chi connectivity index (χ0v) is 25.3. The van der Waals surface area contributed by atoms with Crippen LogP contribution in [0.15, 0.2) is 156 Å². The van der Waals surface area contributed by atoms with Gasteiger partial charge in [0.05, 0.1) is 11.4 Å². The molecule has 0 aliphatic heterocycles. The molecule has 0 amide bonds. The van der Waals surface area contributed by atoms with Gasteiger partial charge in [-0.2, -0.15) is 0 Å². The summed E-state index contributed by atoms with van der Waals surface area (Å²) in [6, 6.07) is 54.6. The smallest absolute Gasteiger partial charge is 0.143 e. The molecule has 0 saturated carbocycles. The van der Waals surface area contributed by atoms with E-state index in [0.29, 0.717) is 0 Å². The summed E-state index contributed by atoms with van der Waals surface area (Å²) >= 11 is 0. The van der Waals surface area contributed by atoms with Gasteiger partial charge in [-0.15, -0.1) is 0 Å². The minimum Gasteiger partial charge on any atom is -0.455 e. The van der Waals surface area contributed by atoms with Crippen molar-refractivity contribution in [3.63, 3.8) is 0 Å². The van der Waals surface area contributed by atoms with E-state index >= 15 is 0 Å². The van der Waals surface area contributed by atoms with Gasteiger partial charge in [0.25, 0.3) is 0 Å². The highest BCUT2D eigenvalue weighted by Crippen LogP contribution is 2.55. The number of rotatable bonds is 4. The molecule has 1 aliphatic rings. The maximum absolute atomic E-state index is 6.72. The number of anilines is 3. The van der Waals surface area contributed by atoms with Gasteiger partial charge >= 0.3 is 0 Å². The number of benzene rings is 7. The van der Waals surface area contributed by atoms with E-state index in [4.69, 9.17) is 4.42 Å². The molecular formula is C43H31NO. The largest absolute Gasteiger partial charge is 0.455 e. The van der Waals surface area contributed by atoms with E-state index in [0.717, 1.165) is 44.4 Å². The molecule has 0 radical (unpaired) electrons. The van der Waals surface area contributed by atoms with Crippen LogP contribution < -0.4 is 4.90 Å². The summed E-state index contributed by atoms with van der Waals surface area (Å²) in [5.41, 5.74) is 12.6. The Kier molecular flexibility index (Phi) is 5.58. The molecule has 1 aromatic heterocycles. The molecule has 0 atom stereocenters. The summed E-state index contributed by atoms with van der Waals surface area (Å²) in [6.07, 6.45) is 0. The highest BCUT2D eigenvalue weighted by atomic mass is 16.3. The van der Waals surface area contributed by atoms with Crippen LogP contribution in [0.25, 0.3) is 55.0 Å². The molecule has 2 heteroatoms. The second kappa shape index (κ2) is 9.70. The second-order valence-electron chi connectivity index (χ2n) is 12.5. The molecule has 214 valence electrons. The number of fused-ring (bicyclic) bond motifs is 7. The maximum atomic E-state index is 6.72. The average molecular weight is 578 g/mol. The fourth-order valence-electron chi connectivity index (χ4n) is 7.58. The van der Waals surface area contributed by atoms with E-state index in [1.165, 1.54) is 38.7 Å². The third-order valence-electron chi connectivity index (χ3n) is 9.61. The van der Waals surface area contributed by atoms with Gasteiger partial charge in [0.2, 0.25) is 0 Å². The van der Waals surface area contributed by atoms with Crippen LogP contribution in [0.4, 0.5) is 17.1 Å². The normalized spacial score (nSPS) is 13.3. The van der Waals surface area contributed by atoms with Gasteiger partial charge in [-0.25, -0.2) is 0 Å². The summed E-state index contributed by atoms with van der Waals surface area (Å²) in [6.45, 7) is 4.71. The predicted molar refractivity (Wildman–Crippen MR) is 189 cm³/mol. The van der Waals surface area contributed by atoms with Gasteiger partial charge in [0, 0.05) is 33.0 Å². The fourth-order valence-corrected chi connectivity index (χ4v) is 7.58. The molecule has 0 spiro atoms. The Bertz CT molecular complexity index is 2410. The minimum absolute atomic E-state index is 0.161. The Morgan fingerprint density at radius 1 is 0.489 bits per heavy atom. The van der Waals surface area contributed by atoms with Gasteiger partial charge in [-0.05, 0) is 69.4 Å². The monoisotopic (exact) mass is 577 g/mol. The number of nitrogens with zero attached hydrogens (tertiary/aromatic N) is 1. The molecule has 0 bridgehead atoms. The van der Waals surface area contributed by atoms with Gasteiger partial charge < -0.3 is 9.32 Å². The van der Waals surface area contributed by atoms with Crippen molar-refractivity contribution in [2.45, 2.75) is 19.3 Å². The van der Waals surface area contributed by atoms with Crippen LogP contribution in [-0.2, 0) is 5.41 Å². The Balaban J connectivity index is 1.31. The lowest BCUT2D eigenvalue weighted by atomic mass is 9.81. The zero-order chi connectivity index (χ0) is 30.1. The first-order valence-electron chi connectivity index (χ1n) is 15.6. The van der Waals surface area contributed by atoms with Crippen LogP contribution in [0.3, 0.4) is 0 Å². The van der Waals surface area contributed by atoms with Crippen molar-refractivity contribution in [1.29, 1.82) is 0 Å². The van der Waals surface area contributed by atoms with E-state index in [1.54, 1.807) is 0 Å². The second-order valence-corrected chi connectivity index (χ2v) is 12.5. The molecule has 1 heterocycles. The van der Waals surface area contributed by atoms with E-state index < -0.39 is 0 Å². The Hall–Kier alpha value is -5.60. The first-order chi connectivity index (χ1) is 22.1. The van der Waals surface area contributed by atoms with Gasteiger partial charge in [0.15, 0.2) is 0 Å². The van der Waals surface area contributed by atoms with Crippen LogP contribution >= 0.6 is 0 Å². The highest BCUT2D eigenvalue weighted by molar-refractivity contribution is 6.14. The number of furan rings is 1. The van der Waals surface area contributed by atoms with Crippen molar-refractivity contribution in [1.82, 2.24) is 0 Å². The van der Waals surface area contributed by atoms with Crippen molar-refractivity contribution in [2.75, 3.05) is 4.90 Å². The van der Waals surface area contributed by atoms with Crippen molar-refractivity contribution >= 4 is 49.8 Å². The standard InChI is InChI=1S/C43H31NO/c1-43(2)37-23-10-8-18-31(37)33-20-13-25-39(41(33)43)44(30-16-4-3-5-17-30)38-24-11-9-19-32(38)34-21-12-22-35-36-26-28-14-6-7-15-29(28)27-40(36)45-42(34)35/h3-27H,1-2H3. The summed E-state index contributed by atoms with van der Waals surface area (Å²) in [4.78, 5) is 2.44. The Morgan fingerprint density at radius 3 is 1.96 bits per heavy atom. The third kappa shape index (κ3) is 3.82. The van der Waals surface area contributed by atoms with Gasteiger partial charge in [-0.3, -0.25) is 0 Å². The lowest BCUT2D eigenvalue weighted by Crippen LogP contribution is -2.21. The quantitative estimate of drug-likeness (QED) is 0.207. The Labute approximate surface area is 262 Å². The molecule has 1 aliphatic carbocycles. The molecule has 7 aromatic carbocycles. The molecule has 0 fully saturated rings. The van der Waals surface area contributed by atoms with Crippen LogP contribution in [0.1, 0.15) is 25.0 Å². The van der Waals surface area contributed by atoms with Crippen molar-refractivity contribution in [3.8, 4) is 22.3 Å². The van der Waals surface area contributed by atoms with Crippen molar-refractivity contribution in [2.24, 2.45) is 0 Å². The van der Waals surface area contributed by atoms with Crippen molar-refractivity contribution in [3.05, 3.63) is 163 Å². The van der Waals surface area contributed by atoms with Crippen molar-refractivity contribution < 1.29 is 4.42 Å². The third-order valence-corrected chi connectivity index (χ3v) is 9.61. The van der Waals surface area contributed by atoms with E-state index in [1.807, 2.05) is 0 Å². The molecule has 8 aromatic rings. The highest BCUT2D eigenvalue weighted by Gasteiger charge is 2.39. The maximum Gasteiger partial charge on any atom is 0.143 e. The first kappa shape index (κ1) is 25.9. The Morgan fingerprint density at radius 2 is 1.11 bits per heavy atom. The molecule has 0 N–H and O–H groups in total. The molecular weight excluding hydrogens is 546 g/mol. The zero-order valence-electron chi connectivity index (χ0n) is 25.3. The summed E-state index contributed by atoms with van der Waals surface area (Å²) < 4.78 is 6.72. The molecule has 0 saturated heterocycles. The van der Waals surface area contributed by atoms with E-state index in [9.17, 15) is 0 Å². The van der Waals surface area contributed by atoms with Crippen LogP contribution in [0.2, 0.25) is 0 Å². The topological polar surface area (TPSA) is 16.4 Å².